The molecule has 0 amide bonds. The zero-order chi connectivity index (χ0) is 19.8. The predicted molar refractivity (Wildman–Crippen MR) is 98.9 cm³/mol. The van der Waals surface area contributed by atoms with Crippen LogP contribution in [0.3, 0.4) is 0 Å². The minimum Gasteiger partial charge on any atom is -0.342 e. The van der Waals surface area contributed by atoms with Crippen molar-refractivity contribution in [3.05, 3.63) is 68.1 Å². The lowest BCUT2D eigenvalue weighted by Gasteiger charge is -2.13. The number of anilines is 2. The van der Waals surface area contributed by atoms with E-state index >= 15 is 0 Å². The molecule has 2 rings (SSSR count). The van der Waals surface area contributed by atoms with Crippen LogP contribution in [0.2, 0.25) is 15.1 Å². The molecule has 0 aromatic heterocycles. The lowest BCUT2D eigenvalue weighted by atomic mass is 10.2. The van der Waals surface area contributed by atoms with Crippen LogP contribution in [-0.4, -0.2) is 14.8 Å². The number of nitrogens with zero attached hydrogens (tertiary/aromatic N) is 3. The van der Waals surface area contributed by atoms with E-state index in [0.717, 1.165) is 0 Å². The van der Waals surface area contributed by atoms with Crippen molar-refractivity contribution in [1.29, 1.82) is 0 Å². The van der Waals surface area contributed by atoms with Crippen molar-refractivity contribution in [1.82, 2.24) is 0 Å². The molecular formula is C12H4BrCl3N4O6. The summed E-state index contributed by atoms with van der Waals surface area (Å²) < 4.78 is 0.326. The van der Waals surface area contributed by atoms with Gasteiger partial charge in [0.1, 0.15) is 0 Å². The van der Waals surface area contributed by atoms with Crippen LogP contribution in [0.4, 0.5) is 28.4 Å². The summed E-state index contributed by atoms with van der Waals surface area (Å²) >= 11 is 21.1. The van der Waals surface area contributed by atoms with Gasteiger partial charge in [-0.2, -0.15) is 0 Å². The van der Waals surface area contributed by atoms with Crippen molar-refractivity contribution < 1.29 is 14.8 Å². The molecule has 2 aromatic carbocycles. The molecule has 0 unspecified atom stereocenters. The molecular weight excluding hydrogens is 482 g/mol. The molecule has 0 atom stereocenters. The van der Waals surface area contributed by atoms with Gasteiger partial charge in [0.15, 0.2) is 5.69 Å². The number of nitro groups is 3. The van der Waals surface area contributed by atoms with Crippen molar-refractivity contribution in [2.24, 2.45) is 0 Å². The molecule has 136 valence electrons. The lowest BCUT2D eigenvalue weighted by Crippen LogP contribution is -2.04. The van der Waals surface area contributed by atoms with Gasteiger partial charge >= 0.3 is 11.4 Å². The summed E-state index contributed by atoms with van der Waals surface area (Å²) in [5.41, 5.74) is -3.40. The van der Waals surface area contributed by atoms with E-state index in [9.17, 15) is 30.3 Å². The molecule has 26 heavy (non-hydrogen) atoms. The summed E-state index contributed by atoms with van der Waals surface area (Å²) in [4.78, 5) is 30.4. The van der Waals surface area contributed by atoms with E-state index < -0.39 is 37.5 Å². The highest BCUT2D eigenvalue weighted by atomic mass is 79.9. The maximum absolute atomic E-state index is 11.3. The molecule has 0 bridgehead atoms. The Hall–Kier alpha value is -2.21. The molecule has 0 heterocycles. The van der Waals surface area contributed by atoms with Crippen molar-refractivity contribution in [3.8, 4) is 0 Å². The first-order valence-electron chi connectivity index (χ1n) is 6.25. The molecule has 14 heteroatoms. The van der Waals surface area contributed by atoms with E-state index in [0.29, 0.717) is 16.6 Å². The number of rotatable bonds is 5. The molecule has 0 saturated carbocycles. The van der Waals surface area contributed by atoms with Crippen LogP contribution in [0.25, 0.3) is 0 Å². The van der Waals surface area contributed by atoms with Gasteiger partial charge in [0, 0.05) is 4.47 Å². The van der Waals surface area contributed by atoms with Gasteiger partial charge in [0.2, 0.25) is 0 Å². The number of non-ortho nitro benzene ring substituents is 1. The third-order valence-corrected chi connectivity index (χ3v) is 5.07. The van der Waals surface area contributed by atoms with Crippen molar-refractivity contribution in [2.75, 3.05) is 5.32 Å². The van der Waals surface area contributed by atoms with E-state index in [2.05, 4.69) is 21.2 Å². The normalized spacial score (nSPS) is 10.5. The minimum atomic E-state index is -1.01. The van der Waals surface area contributed by atoms with Crippen LogP contribution in [0.15, 0.2) is 22.7 Å². The minimum absolute atomic E-state index is 0.00536. The van der Waals surface area contributed by atoms with Gasteiger partial charge in [-0.3, -0.25) is 30.3 Å². The van der Waals surface area contributed by atoms with Crippen LogP contribution in [-0.2, 0) is 0 Å². The number of nitrogens with one attached hydrogen (secondary N) is 1. The second kappa shape index (κ2) is 7.58. The van der Waals surface area contributed by atoms with Gasteiger partial charge in [-0.05, 0) is 22.0 Å². The lowest BCUT2D eigenvalue weighted by molar-refractivity contribution is -0.401. The number of halogens is 4. The fourth-order valence-corrected chi connectivity index (χ4v) is 3.30. The van der Waals surface area contributed by atoms with Gasteiger partial charge in [-0.25, -0.2) is 0 Å². The smallest absolute Gasteiger partial charge is 0.306 e. The third kappa shape index (κ3) is 3.80. The summed E-state index contributed by atoms with van der Waals surface area (Å²) in [6.07, 6.45) is 0. The Morgan fingerprint density at radius 3 is 1.73 bits per heavy atom. The number of hydrogen-bond donors (Lipinski definition) is 1. The summed E-state index contributed by atoms with van der Waals surface area (Å²) in [6.45, 7) is 0. The quantitative estimate of drug-likeness (QED) is 0.241. The van der Waals surface area contributed by atoms with Crippen molar-refractivity contribution in [3.63, 3.8) is 0 Å². The molecule has 0 aliphatic heterocycles. The molecule has 0 saturated heterocycles. The van der Waals surface area contributed by atoms with Gasteiger partial charge in [-0.15, -0.1) is 0 Å². The first-order chi connectivity index (χ1) is 12.0. The van der Waals surface area contributed by atoms with Gasteiger partial charge in [0.05, 0.1) is 47.7 Å². The first kappa shape index (κ1) is 20.1. The van der Waals surface area contributed by atoms with Crippen molar-refractivity contribution in [2.45, 2.75) is 0 Å². The van der Waals surface area contributed by atoms with Gasteiger partial charge in [-0.1, -0.05) is 34.8 Å². The monoisotopic (exact) mass is 484 g/mol. The fraction of sp³-hybridized carbons (Fsp3) is 0. The molecule has 0 aliphatic rings. The van der Waals surface area contributed by atoms with E-state index in [1.807, 2.05) is 0 Å². The highest BCUT2D eigenvalue weighted by Gasteiger charge is 2.31. The second-order valence-electron chi connectivity index (χ2n) is 4.60. The van der Waals surface area contributed by atoms with Crippen LogP contribution in [0.5, 0.6) is 0 Å². The Labute approximate surface area is 167 Å². The Morgan fingerprint density at radius 2 is 1.31 bits per heavy atom. The molecule has 0 radical (unpaired) electrons. The Morgan fingerprint density at radius 1 is 0.808 bits per heavy atom. The second-order valence-corrected chi connectivity index (χ2v) is 6.62. The van der Waals surface area contributed by atoms with Gasteiger partial charge in [0.25, 0.3) is 5.69 Å². The zero-order valence-electron chi connectivity index (χ0n) is 12.0. The Kier molecular flexibility index (Phi) is 5.86. The maximum Gasteiger partial charge on any atom is 0.306 e. The average Bonchev–Trinajstić information content (AvgIpc) is 2.55. The Balaban J connectivity index is 2.78. The SMILES string of the molecule is O=[N+]([O-])c1cc([N+](=O)[O-])c(Nc2c(Cl)cc(Br)c(Cl)c2Cl)c([N+](=O)[O-])c1. The molecule has 0 fully saturated rings. The first-order valence-corrected chi connectivity index (χ1v) is 8.18. The molecule has 2 aromatic rings. The summed E-state index contributed by atoms with van der Waals surface area (Å²) in [6, 6.07) is 2.48. The van der Waals surface area contributed by atoms with E-state index in [1.165, 1.54) is 6.07 Å². The zero-order valence-corrected chi connectivity index (χ0v) is 15.9. The van der Waals surface area contributed by atoms with Crippen LogP contribution in [0.1, 0.15) is 0 Å². The largest absolute Gasteiger partial charge is 0.342 e. The summed E-state index contributed by atoms with van der Waals surface area (Å²) in [5, 5.41) is 35.6. The standard InChI is InChI=1S/C12H4BrCl3N4O6/c13-5-3-6(14)11(10(16)9(5)15)17-12-7(19(23)24)1-4(18(21)22)2-8(12)20(25)26/h1-3,17H. The number of benzene rings is 2. The highest BCUT2D eigenvalue weighted by Crippen LogP contribution is 2.46. The maximum atomic E-state index is 11.3. The van der Waals surface area contributed by atoms with Crippen LogP contribution >= 0.6 is 50.7 Å². The molecule has 1 N–H and O–H groups in total. The topological polar surface area (TPSA) is 141 Å². The molecule has 10 nitrogen and oxygen atoms in total. The molecule has 0 aliphatic carbocycles. The van der Waals surface area contributed by atoms with Crippen LogP contribution < -0.4 is 5.32 Å². The van der Waals surface area contributed by atoms with E-state index in [1.54, 1.807) is 0 Å². The van der Waals surface area contributed by atoms with Gasteiger partial charge < -0.3 is 5.32 Å². The summed E-state index contributed by atoms with van der Waals surface area (Å²) in [7, 11) is 0. The van der Waals surface area contributed by atoms with E-state index in [-0.39, 0.29) is 20.8 Å². The van der Waals surface area contributed by atoms with Crippen LogP contribution in [0, 0.1) is 30.3 Å². The van der Waals surface area contributed by atoms with Crippen molar-refractivity contribution >= 4 is 79.2 Å². The number of nitro benzene ring substituents is 3. The third-order valence-electron chi connectivity index (χ3n) is 3.05. The number of hydrogen-bond acceptors (Lipinski definition) is 7. The molecule has 0 spiro atoms. The van der Waals surface area contributed by atoms with E-state index in [4.69, 9.17) is 34.8 Å². The Bertz CT molecular complexity index is 935. The summed E-state index contributed by atoms with van der Waals surface area (Å²) in [5.74, 6) is 0. The predicted octanol–water partition coefficient (Wildman–Crippen LogP) is 5.88. The average molecular weight is 486 g/mol. The fourth-order valence-electron chi connectivity index (χ4n) is 1.92. The highest BCUT2D eigenvalue weighted by molar-refractivity contribution is 9.10.